The number of oxime groups is 1. The molecule has 102 valence electrons. The molecule has 1 unspecified atom stereocenters. The second-order valence-electron chi connectivity index (χ2n) is 4.23. The van der Waals surface area contributed by atoms with Crippen LogP contribution in [0.2, 0.25) is 0 Å². The Morgan fingerprint density at radius 3 is 2.47 bits per heavy atom. The maximum absolute atomic E-state index is 11.6. The largest absolute Gasteiger partial charge is 0.409 e. The number of amidine groups is 1. The van der Waals surface area contributed by atoms with Gasteiger partial charge in [-0.3, -0.25) is 0 Å². The molecule has 0 amide bonds. The smallest absolute Gasteiger partial charge is 0.277 e. The molecule has 0 aromatic carbocycles. The molecular formula is C9H22N4O3S. The van der Waals surface area contributed by atoms with Crippen molar-refractivity contribution < 1.29 is 13.6 Å². The average Bonchev–Trinajstić information content (AvgIpc) is 2.25. The van der Waals surface area contributed by atoms with Crippen LogP contribution in [0.3, 0.4) is 0 Å². The van der Waals surface area contributed by atoms with E-state index in [0.717, 1.165) is 0 Å². The molecule has 0 fully saturated rings. The fourth-order valence-corrected chi connectivity index (χ4v) is 2.38. The summed E-state index contributed by atoms with van der Waals surface area (Å²) in [6.07, 6.45) is 1.19. The van der Waals surface area contributed by atoms with Crippen LogP contribution in [0.15, 0.2) is 5.16 Å². The van der Waals surface area contributed by atoms with Crippen molar-refractivity contribution in [3.63, 3.8) is 0 Å². The molecule has 0 bridgehead atoms. The van der Waals surface area contributed by atoms with Crippen LogP contribution in [0.4, 0.5) is 0 Å². The van der Waals surface area contributed by atoms with Crippen molar-refractivity contribution in [3.05, 3.63) is 0 Å². The molecular weight excluding hydrogens is 244 g/mol. The van der Waals surface area contributed by atoms with Crippen molar-refractivity contribution in [2.75, 3.05) is 6.54 Å². The number of hydrogen-bond donors (Lipinski definition) is 4. The molecule has 5 N–H and O–H groups in total. The molecule has 17 heavy (non-hydrogen) atoms. The third-order valence-electron chi connectivity index (χ3n) is 2.03. The van der Waals surface area contributed by atoms with Crippen molar-refractivity contribution in [2.24, 2.45) is 16.8 Å². The second kappa shape index (κ2) is 7.46. The topological polar surface area (TPSA) is 117 Å². The van der Waals surface area contributed by atoms with E-state index in [0.29, 0.717) is 19.4 Å². The first-order chi connectivity index (χ1) is 7.82. The predicted molar refractivity (Wildman–Crippen MR) is 67.0 cm³/mol. The molecule has 0 rings (SSSR count). The lowest BCUT2D eigenvalue weighted by molar-refractivity contribution is 0.315. The molecule has 0 aromatic heterocycles. The van der Waals surface area contributed by atoms with E-state index in [9.17, 15) is 8.42 Å². The lowest BCUT2D eigenvalue weighted by atomic mass is 10.2. The number of nitrogens with zero attached hydrogens (tertiary/aromatic N) is 1. The Labute approximate surface area is 103 Å². The van der Waals surface area contributed by atoms with Gasteiger partial charge in [-0.15, -0.1) is 0 Å². The van der Waals surface area contributed by atoms with E-state index in [4.69, 9.17) is 10.9 Å². The summed E-state index contributed by atoms with van der Waals surface area (Å²) in [6, 6.07) is -0.685. The molecule has 0 aliphatic carbocycles. The Balaban J connectivity index is 4.53. The molecule has 1 atom stereocenters. The molecule has 7 nitrogen and oxygen atoms in total. The van der Waals surface area contributed by atoms with Gasteiger partial charge in [0.1, 0.15) is 0 Å². The molecule has 0 heterocycles. The summed E-state index contributed by atoms with van der Waals surface area (Å²) in [4.78, 5) is 0. The third-order valence-corrected chi connectivity index (χ3v) is 3.17. The lowest BCUT2D eigenvalue weighted by Gasteiger charge is -2.17. The summed E-state index contributed by atoms with van der Waals surface area (Å²) in [6.45, 7) is 6.02. The number of nitrogens with two attached hydrogens (primary N) is 1. The van der Waals surface area contributed by atoms with E-state index < -0.39 is 16.3 Å². The van der Waals surface area contributed by atoms with E-state index in [1.807, 2.05) is 20.8 Å². The first kappa shape index (κ1) is 16.1. The SMILES string of the molecule is CCCC(NS(=O)(=O)NCC(C)C)C(N)=NO. The lowest BCUT2D eigenvalue weighted by Crippen LogP contribution is -2.49. The van der Waals surface area contributed by atoms with E-state index in [1.54, 1.807) is 0 Å². The van der Waals surface area contributed by atoms with Crippen LogP contribution in [0.25, 0.3) is 0 Å². The van der Waals surface area contributed by atoms with Gasteiger partial charge in [0, 0.05) is 6.54 Å². The number of nitrogens with one attached hydrogen (secondary N) is 2. The Bertz CT molecular complexity index is 340. The molecule has 8 heteroatoms. The Morgan fingerprint density at radius 1 is 1.47 bits per heavy atom. The maximum Gasteiger partial charge on any atom is 0.277 e. The van der Waals surface area contributed by atoms with Crippen LogP contribution in [0.1, 0.15) is 33.6 Å². The van der Waals surface area contributed by atoms with Crippen LogP contribution in [0.5, 0.6) is 0 Å². The van der Waals surface area contributed by atoms with Crippen LogP contribution in [-0.2, 0) is 10.2 Å². The number of rotatable bonds is 8. The number of hydrogen-bond acceptors (Lipinski definition) is 4. The molecule has 0 aromatic rings. The molecule has 0 aliphatic heterocycles. The van der Waals surface area contributed by atoms with Crippen molar-refractivity contribution >= 4 is 16.0 Å². The predicted octanol–water partition coefficient (Wildman–Crippen LogP) is -0.0185. The van der Waals surface area contributed by atoms with Crippen LogP contribution >= 0.6 is 0 Å². The van der Waals surface area contributed by atoms with Gasteiger partial charge >= 0.3 is 0 Å². The Kier molecular flexibility index (Phi) is 7.09. The third kappa shape index (κ3) is 7.14. The zero-order valence-corrected chi connectivity index (χ0v) is 11.3. The molecule has 0 saturated heterocycles. The van der Waals surface area contributed by atoms with E-state index >= 15 is 0 Å². The van der Waals surface area contributed by atoms with Gasteiger partial charge in [-0.05, 0) is 12.3 Å². The molecule has 0 radical (unpaired) electrons. The minimum Gasteiger partial charge on any atom is -0.409 e. The summed E-state index contributed by atoms with van der Waals surface area (Å²) in [7, 11) is -3.63. The van der Waals surface area contributed by atoms with Crippen molar-refractivity contribution in [2.45, 2.75) is 39.7 Å². The van der Waals surface area contributed by atoms with Crippen LogP contribution < -0.4 is 15.2 Å². The van der Waals surface area contributed by atoms with Gasteiger partial charge in [-0.1, -0.05) is 32.3 Å². The highest BCUT2D eigenvalue weighted by atomic mass is 32.2. The molecule has 0 spiro atoms. The van der Waals surface area contributed by atoms with E-state index in [1.165, 1.54) is 0 Å². The summed E-state index contributed by atoms with van der Waals surface area (Å²) >= 11 is 0. The standard InChI is InChI=1S/C9H22N4O3S/c1-4-5-8(9(10)12-14)13-17(15,16)11-6-7(2)3/h7-8,11,13-14H,4-6H2,1-3H3,(H2,10,12). The summed E-state index contributed by atoms with van der Waals surface area (Å²) in [5, 5.41) is 11.4. The average molecular weight is 266 g/mol. The second-order valence-corrected chi connectivity index (χ2v) is 5.76. The van der Waals surface area contributed by atoms with E-state index in [-0.39, 0.29) is 11.8 Å². The quantitative estimate of drug-likeness (QED) is 0.214. The van der Waals surface area contributed by atoms with Gasteiger partial charge in [0.05, 0.1) is 6.04 Å². The fraction of sp³-hybridized carbons (Fsp3) is 0.889. The van der Waals surface area contributed by atoms with Crippen LogP contribution in [0, 0.1) is 5.92 Å². The maximum atomic E-state index is 11.6. The molecule has 0 aliphatic rings. The van der Waals surface area contributed by atoms with Crippen molar-refractivity contribution in [1.29, 1.82) is 0 Å². The Hall–Kier alpha value is -0.860. The van der Waals surface area contributed by atoms with Crippen molar-refractivity contribution in [1.82, 2.24) is 9.44 Å². The van der Waals surface area contributed by atoms with E-state index in [2.05, 4.69) is 14.6 Å². The minimum atomic E-state index is -3.63. The van der Waals surface area contributed by atoms with Gasteiger partial charge in [0.2, 0.25) is 0 Å². The van der Waals surface area contributed by atoms with Crippen LogP contribution in [-0.4, -0.2) is 32.0 Å². The Morgan fingerprint density at radius 2 is 2.06 bits per heavy atom. The summed E-state index contributed by atoms with van der Waals surface area (Å²) in [5.74, 6) is 0.0711. The minimum absolute atomic E-state index is 0.137. The highest BCUT2D eigenvalue weighted by Gasteiger charge is 2.20. The normalized spacial score (nSPS) is 15.2. The van der Waals surface area contributed by atoms with Gasteiger partial charge in [-0.2, -0.15) is 13.1 Å². The monoisotopic (exact) mass is 266 g/mol. The molecule has 0 saturated carbocycles. The first-order valence-corrected chi connectivity index (χ1v) is 7.05. The fourth-order valence-electron chi connectivity index (χ4n) is 1.13. The first-order valence-electron chi connectivity index (χ1n) is 5.56. The zero-order valence-electron chi connectivity index (χ0n) is 10.5. The summed E-state index contributed by atoms with van der Waals surface area (Å²) < 4.78 is 28.0. The van der Waals surface area contributed by atoms with Gasteiger partial charge in [0.25, 0.3) is 10.2 Å². The highest BCUT2D eigenvalue weighted by molar-refractivity contribution is 7.87. The van der Waals surface area contributed by atoms with Crippen molar-refractivity contribution in [3.8, 4) is 0 Å². The van der Waals surface area contributed by atoms with Gasteiger partial charge < -0.3 is 10.9 Å². The zero-order chi connectivity index (χ0) is 13.5. The summed E-state index contributed by atoms with van der Waals surface area (Å²) in [5.41, 5.74) is 5.41. The van der Waals surface area contributed by atoms with Gasteiger partial charge in [0.15, 0.2) is 5.84 Å². The highest BCUT2D eigenvalue weighted by Crippen LogP contribution is 1.99. The van der Waals surface area contributed by atoms with Gasteiger partial charge in [-0.25, -0.2) is 4.72 Å².